The van der Waals surface area contributed by atoms with E-state index in [2.05, 4.69) is 11.3 Å². The van der Waals surface area contributed by atoms with Crippen LogP contribution in [0.1, 0.15) is 12.8 Å². The summed E-state index contributed by atoms with van der Waals surface area (Å²) in [7, 11) is 0. The molecule has 1 aliphatic rings. The van der Waals surface area contributed by atoms with Crippen molar-refractivity contribution in [2.45, 2.75) is 12.8 Å². The van der Waals surface area contributed by atoms with Crippen LogP contribution in [-0.4, -0.2) is 12.6 Å². The fourth-order valence-electron chi connectivity index (χ4n) is 0.787. The molecule has 1 fully saturated rings. The standard InChI is InChI=1S/C8H10O3/c1-2-8(9)11-6-7-4-3-5-10-7/h2,6H,1,3-5H2. The van der Waals surface area contributed by atoms with Crippen LogP contribution in [0.5, 0.6) is 0 Å². The maximum atomic E-state index is 10.5. The first-order valence-corrected chi connectivity index (χ1v) is 3.48. The van der Waals surface area contributed by atoms with Gasteiger partial charge in [0.1, 0.15) is 12.0 Å². The molecule has 1 heterocycles. The van der Waals surface area contributed by atoms with Gasteiger partial charge in [0.05, 0.1) is 6.61 Å². The molecule has 0 spiro atoms. The zero-order valence-corrected chi connectivity index (χ0v) is 6.21. The Morgan fingerprint density at radius 2 is 2.55 bits per heavy atom. The lowest BCUT2D eigenvalue weighted by Crippen LogP contribution is -1.93. The number of allylic oxidation sites excluding steroid dienone is 1. The highest BCUT2D eigenvalue weighted by Gasteiger charge is 2.07. The van der Waals surface area contributed by atoms with Crippen LogP contribution in [0.25, 0.3) is 0 Å². The highest BCUT2D eigenvalue weighted by molar-refractivity contribution is 5.81. The van der Waals surface area contributed by atoms with Gasteiger partial charge in [0.25, 0.3) is 0 Å². The predicted molar refractivity (Wildman–Crippen MR) is 39.6 cm³/mol. The van der Waals surface area contributed by atoms with Crippen LogP contribution in [0.4, 0.5) is 0 Å². The monoisotopic (exact) mass is 154 g/mol. The predicted octanol–water partition coefficient (Wildman–Crippen LogP) is 1.37. The molecule has 0 radical (unpaired) electrons. The molecule has 3 heteroatoms. The molecule has 0 aromatic rings. The lowest BCUT2D eigenvalue weighted by Gasteiger charge is -1.96. The third kappa shape index (κ3) is 2.45. The highest BCUT2D eigenvalue weighted by Crippen LogP contribution is 2.15. The normalized spacial score (nSPS) is 19.5. The Morgan fingerprint density at radius 1 is 1.73 bits per heavy atom. The van der Waals surface area contributed by atoms with E-state index in [-0.39, 0.29) is 0 Å². The van der Waals surface area contributed by atoms with Crippen LogP contribution in [0.2, 0.25) is 0 Å². The summed E-state index contributed by atoms with van der Waals surface area (Å²) in [5.74, 6) is 0.285. The topological polar surface area (TPSA) is 35.5 Å². The number of ether oxygens (including phenoxy) is 2. The van der Waals surface area contributed by atoms with Crippen molar-refractivity contribution in [1.82, 2.24) is 0 Å². The Bertz CT molecular complexity index is 186. The Balaban J connectivity index is 2.33. The third-order valence-corrected chi connectivity index (χ3v) is 1.33. The van der Waals surface area contributed by atoms with E-state index < -0.39 is 5.97 Å². The number of carbonyl (C=O) groups excluding carboxylic acids is 1. The fourth-order valence-corrected chi connectivity index (χ4v) is 0.787. The molecule has 1 saturated heterocycles. The van der Waals surface area contributed by atoms with E-state index in [1.807, 2.05) is 0 Å². The van der Waals surface area contributed by atoms with Gasteiger partial charge in [-0.1, -0.05) is 6.58 Å². The molecule has 0 amide bonds. The largest absolute Gasteiger partial charge is 0.495 e. The van der Waals surface area contributed by atoms with Crippen molar-refractivity contribution >= 4 is 5.97 Å². The van der Waals surface area contributed by atoms with E-state index in [9.17, 15) is 4.79 Å². The summed E-state index contributed by atoms with van der Waals surface area (Å²) in [6, 6.07) is 0. The minimum absolute atomic E-state index is 0.451. The molecule has 3 nitrogen and oxygen atoms in total. The van der Waals surface area contributed by atoms with Crippen molar-refractivity contribution in [3.05, 3.63) is 24.7 Å². The van der Waals surface area contributed by atoms with E-state index in [0.717, 1.165) is 31.3 Å². The van der Waals surface area contributed by atoms with Gasteiger partial charge in [0, 0.05) is 12.5 Å². The second kappa shape index (κ2) is 3.81. The van der Waals surface area contributed by atoms with Crippen LogP contribution in [0, 0.1) is 0 Å². The average Bonchev–Trinajstić information content (AvgIpc) is 2.52. The fraction of sp³-hybridized carbons (Fsp3) is 0.375. The first-order valence-electron chi connectivity index (χ1n) is 3.48. The van der Waals surface area contributed by atoms with Crippen LogP contribution in [0.15, 0.2) is 24.7 Å². The minimum atomic E-state index is -0.451. The lowest BCUT2D eigenvalue weighted by atomic mass is 10.3. The summed E-state index contributed by atoms with van der Waals surface area (Å²) in [5, 5.41) is 0. The molecule has 0 aromatic carbocycles. The van der Waals surface area contributed by atoms with Crippen molar-refractivity contribution in [1.29, 1.82) is 0 Å². The molecule has 0 atom stereocenters. The van der Waals surface area contributed by atoms with Gasteiger partial charge in [-0.2, -0.15) is 0 Å². The van der Waals surface area contributed by atoms with E-state index >= 15 is 0 Å². The number of hydrogen-bond donors (Lipinski definition) is 0. The van der Waals surface area contributed by atoms with Crippen molar-refractivity contribution in [2.75, 3.05) is 6.61 Å². The number of esters is 1. The van der Waals surface area contributed by atoms with Gasteiger partial charge in [0.15, 0.2) is 0 Å². The second-order valence-electron chi connectivity index (χ2n) is 2.18. The Hall–Kier alpha value is -1.25. The van der Waals surface area contributed by atoms with Crippen LogP contribution >= 0.6 is 0 Å². The quantitative estimate of drug-likeness (QED) is 0.342. The van der Waals surface area contributed by atoms with E-state index in [1.165, 1.54) is 6.26 Å². The number of rotatable bonds is 2. The zero-order valence-electron chi connectivity index (χ0n) is 6.21. The summed E-state index contributed by atoms with van der Waals surface area (Å²) >= 11 is 0. The Kier molecular flexibility index (Phi) is 2.72. The molecule has 0 saturated carbocycles. The smallest absolute Gasteiger partial charge is 0.335 e. The molecular formula is C8H10O3. The number of hydrogen-bond acceptors (Lipinski definition) is 3. The first-order chi connectivity index (χ1) is 5.33. The first kappa shape index (κ1) is 7.85. The van der Waals surface area contributed by atoms with Gasteiger partial charge < -0.3 is 9.47 Å². The van der Waals surface area contributed by atoms with Gasteiger partial charge in [-0.05, 0) is 6.42 Å². The third-order valence-electron chi connectivity index (χ3n) is 1.33. The van der Waals surface area contributed by atoms with Gasteiger partial charge in [-0.3, -0.25) is 0 Å². The van der Waals surface area contributed by atoms with E-state index in [0.29, 0.717) is 0 Å². The highest BCUT2D eigenvalue weighted by atomic mass is 16.5. The molecule has 0 aliphatic carbocycles. The molecule has 0 N–H and O–H groups in total. The molecule has 0 aromatic heterocycles. The molecule has 1 aliphatic heterocycles. The molecule has 0 unspecified atom stereocenters. The Labute approximate surface area is 65.3 Å². The van der Waals surface area contributed by atoms with Crippen molar-refractivity contribution in [3.63, 3.8) is 0 Å². The van der Waals surface area contributed by atoms with Crippen LogP contribution in [-0.2, 0) is 14.3 Å². The van der Waals surface area contributed by atoms with E-state index in [4.69, 9.17) is 4.74 Å². The van der Waals surface area contributed by atoms with Gasteiger partial charge in [0.2, 0.25) is 0 Å². The SMILES string of the molecule is C=CC(=O)OC=C1CCCO1. The number of carbonyl (C=O) groups is 1. The van der Waals surface area contributed by atoms with Gasteiger partial charge >= 0.3 is 5.97 Å². The second-order valence-corrected chi connectivity index (χ2v) is 2.18. The molecule has 0 bridgehead atoms. The van der Waals surface area contributed by atoms with Crippen molar-refractivity contribution in [3.8, 4) is 0 Å². The van der Waals surface area contributed by atoms with Gasteiger partial charge in [-0.15, -0.1) is 0 Å². The van der Waals surface area contributed by atoms with Crippen molar-refractivity contribution in [2.24, 2.45) is 0 Å². The maximum absolute atomic E-state index is 10.5. The van der Waals surface area contributed by atoms with Crippen LogP contribution in [0.3, 0.4) is 0 Å². The summed E-state index contributed by atoms with van der Waals surface area (Å²) in [4.78, 5) is 10.5. The summed E-state index contributed by atoms with van der Waals surface area (Å²) in [6.45, 7) is 3.98. The molecule has 11 heavy (non-hydrogen) atoms. The van der Waals surface area contributed by atoms with Crippen molar-refractivity contribution < 1.29 is 14.3 Å². The summed E-state index contributed by atoms with van der Waals surface area (Å²) in [6.07, 6.45) is 4.31. The zero-order chi connectivity index (χ0) is 8.10. The summed E-state index contributed by atoms with van der Waals surface area (Å²) in [5.41, 5.74) is 0. The minimum Gasteiger partial charge on any atom is -0.495 e. The average molecular weight is 154 g/mol. The molecule has 60 valence electrons. The Morgan fingerprint density at radius 3 is 3.09 bits per heavy atom. The van der Waals surface area contributed by atoms with Gasteiger partial charge in [-0.25, -0.2) is 4.79 Å². The molecular weight excluding hydrogens is 144 g/mol. The molecule has 1 rings (SSSR count). The van der Waals surface area contributed by atoms with E-state index in [1.54, 1.807) is 0 Å². The summed E-state index contributed by atoms with van der Waals surface area (Å²) < 4.78 is 9.73. The van der Waals surface area contributed by atoms with Crippen LogP contribution < -0.4 is 0 Å². The maximum Gasteiger partial charge on any atom is 0.335 e. The lowest BCUT2D eigenvalue weighted by molar-refractivity contribution is -0.132.